The van der Waals surface area contributed by atoms with Crippen LogP contribution in [-0.4, -0.2) is 38.0 Å². The van der Waals surface area contributed by atoms with Gasteiger partial charge in [0.2, 0.25) is 5.91 Å². The normalized spacial score (nSPS) is 16.6. The molecule has 0 aromatic carbocycles. The zero-order valence-electron chi connectivity index (χ0n) is 17.3. The highest BCUT2D eigenvalue weighted by Crippen LogP contribution is 2.40. The minimum Gasteiger partial charge on any atom is -0.357 e. The Hall–Kier alpha value is -2.67. The van der Waals surface area contributed by atoms with E-state index in [4.69, 9.17) is 16.6 Å². The highest BCUT2D eigenvalue weighted by Gasteiger charge is 2.38. The van der Waals surface area contributed by atoms with Crippen molar-refractivity contribution in [3.05, 3.63) is 41.6 Å². The molecule has 1 aliphatic heterocycles. The fourth-order valence-corrected chi connectivity index (χ4v) is 4.24. The van der Waals surface area contributed by atoms with Gasteiger partial charge >= 0.3 is 0 Å². The van der Waals surface area contributed by atoms with Gasteiger partial charge in [-0.3, -0.25) is 14.7 Å². The van der Waals surface area contributed by atoms with Crippen molar-refractivity contribution >= 4 is 40.0 Å². The van der Waals surface area contributed by atoms with Crippen LogP contribution < -0.4 is 9.80 Å². The van der Waals surface area contributed by atoms with Crippen LogP contribution in [0.1, 0.15) is 38.9 Å². The number of hydrogen-bond donors (Lipinski definition) is 0. The number of anilines is 2. The van der Waals surface area contributed by atoms with Gasteiger partial charge in [-0.15, -0.1) is 0 Å². The molecule has 0 atom stereocenters. The number of pyridine rings is 2. The third-order valence-corrected chi connectivity index (χ3v) is 6.07. The second-order valence-corrected chi connectivity index (χ2v) is 8.93. The molecule has 0 saturated heterocycles. The van der Waals surface area contributed by atoms with E-state index in [1.54, 1.807) is 18.5 Å². The molecular weight excluding hydrogens is 400 g/mol. The lowest BCUT2D eigenvalue weighted by atomic mass is 10.1. The highest BCUT2D eigenvalue weighted by atomic mass is 35.5. The van der Waals surface area contributed by atoms with E-state index in [1.165, 1.54) is 0 Å². The Balaban J connectivity index is 1.53. The summed E-state index contributed by atoms with van der Waals surface area (Å²) in [6, 6.07) is 6.24. The zero-order valence-corrected chi connectivity index (χ0v) is 18.0. The summed E-state index contributed by atoms with van der Waals surface area (Å²) >= 11 is 6.10. The van der Waals surface area contributed by atoms with Crippen LogP contribution in [0.5, 0.6) is 0 Å². The Bertz CT molecular complexity index is 1110. The number of aryl methyl sites for hydroxylation is 1. The first kappa shape index (κ1) is 19.3. The van der Waals surface area contributed by atoms with Crippen LogP contribution in [0, 0.1) is 5.92 Å². The molecule has 156 valence electrons. The van der Waals surface area contributed by atoms with E-state index in [1.807, 2.05) is 17.0 Å². The van der Waals surface area contributed by atoms with Crippen LogP contribution in [0.15, 0.2) is 30.6 Å². The first-order valence-electron chi connectivity index (χ1n) is 10.5. The van der Waals surface area contributed by atoms with Gasteiger partial charge in [-0.2, -0.15) is 0 Å². The first-order chi connectivity index (χ1) is 14.5. The van der Waals surface area contributed by atoms with Crippen molar-refractivity contribution < 1.29 is 4.79 Å². The Kier molecular flexibility index (Phi) is 4.85. The summed E-state index contributed by atoms with van der Waals surface area (Å²) in [7, 11) is 0. The molecule has 0 N–H and O–H groups in total. The van der Waals surface area contributed by atoms with E-state index in [9.17, 15) is 4.79 Å². The lowest BCUT2D eigenvalue weighted by molar-refractivity contribution is -0.117. The van der Waals surface area contributed by atoms with Gasteiger partial charge in [-0.1, -0.05) is 25.4 Å². The molecule has 8 heteroatoms. The molecule has 1 fully saturated rings. The molecule has 7 nitrogen and oxygen atoms in total. The van der Waals surface area contributed by atoms with Gasteiger partial charge in [0.1, 0.15) is 11.0 Å². The van der Waals surface area contributed by atoms with Crippen LogP contribution in [0.4, 0.5) is 11.4 Å². The van der Waals surface area contributed by atoms with Gasteiger partial charge in [0.15, 0.2) is 5.65 Å². The molecule has 1 aliphatic carbocycles. The standard InChI is InChI=1S/C22H25ClN6O/c1-14(2)8-10-27-17-5-6-19(23)25-22(17)26-20(27)12-29-18-11-24-9-7-16(18)28(13-21(29)30)15-3-4-15/h5-7,9,11,14-15H,3-4,8,10,12-13H2,1-2H3. The lowest BCUT2D eigenvalue weighted by Gasteiger charge is -2.37. The van der Waals surface area contributed by atoms with E-state index in [0.29, 0.717) is 35.8 Å². The SMILES string of the molecule is CC(C)CCn1c(CN2C(=O)CN(C3CC3)c3ccncc32)nc2nc(Cl)ccc21. The lowest BCUT2D eigenvalue weighted by Crippen LogP contribution is -2.46. The number of aromatic nitrogens is 4. The molecule has 3 aromatic heterocycles. The largest absolute Gasteiger partial charge is 0.357 e. The maximum atomic E-state index is 13.1. The topological polar surface area (TPSA) is 67.2 Å². The van der Waals surface area contributed by atoms with Crippen LogP contribution in [0.2, 0.25) is 5.15 Å². The molecule has 3 aromatic rings. The molecule has 0 radical (unpaired) electrons. The van der Waals surface area contributed by atoms with Crippen LogP contribution in [0.3, 0.4) is 0 Å². The third-order valence-electron chi connectivity index (χ3n) is 5.86. The number of carbonyl (C=O) groups excluding carboxylic acids is 1. The van der Waals surface area contributed by atoms with Crippen molar-refractivity contribution in [3.63, 3.8) is 0 Å². The maximum absolute atomic E-state index is 13.1. The number of rotatable bonds is 6. The molecule has 0 spiro atoms. The fourth-order valence-electron chi connectivity index (χ4n) is 4.10. The van der Waals surface area contributed by atoms with Gasteiger partial charge in [-0.05, 0) is 43.4 Å². The smallest absolute Gasteiger partial charge is 0.247 e. The number of halogens is 1. The molecule has 2 aliphatic rings. The van der Waals surface area contributed by atoms with Crippen molar-refractivity contribution in [2.45, 2.75) is 52.2 Å². The summed E-state index contributed by atoms with van der Waals surface area (Å²) in [5.74, 6) is 1.46. The Morgan fingerprint density at radius 2 is 2.00 bits per heavy atom. The van der Waals surface area contributed by atoms with Gasteiger partial charge in [0.25, 0.3) is 0 Å². The summed E-state index contributed by atoms with van der Waals surface area (Å²) < 4.78 is 2.18. The van der Waals surface area contributed by atoms with Crippen molar-refractivity contribution in [1.82, 2.24) is 19.5 Å². The quantitative estimate of drug-likeness (QED) is 0.558. The second-order valence-electron chi connectivity index (χ2n) is 8.54. The Morgan fingerprint density at radius 1 is 1.17 bits per heavy atom. The molecule has 0 bridgehead atoms. The van der Waals surface area contributed by atoms with Gasteiger partial charge < -0.3 is 9.47 Å². The predicted molar refractivity (Wildman–Crippen MR) is 118 cm³/mol. The maximum Gasteiger partial charge on any atom is 0.247 e. The van der Waals surface area contributed by atoms with E-state index in [-0.39, 0.29) is 5.91 Å². The van der Waals surface area contributed by atoms with E-state index in [2.05, 4.69) is 33.3 Å². The minimum atomic E-state index is 0.0795. The minimum absolute atomic E-state index is 0.0795. The summed E-state index contributed by atoms with van der Waals surface area (Å²) in [4.78, 5) is 30.6. The Morgan fingerprint density at radius 3 is 2.77 bits per heavy atom. The first-order valence-corrected chi connectivity index (χ1v) is 10.9. The van der Waals surface area contributed by atoms with Crippen LogP contribution in [-0.2, 0) is 17.9 Å². The van der Waals surface area contributed by atoms with Crippen LogP contribution in [0.25, 0.3) is 11.2 Å². The molecule has 1 amide bonds. The third kappa shape index (κ3) is 3.51. The predicted octanol–water partition coefficient (Wildman–Crippen LogP) is 4.04. The highest BCUT2D eigenvalue weighted by molar-refractivity contribution is 6.29. The molecule has 1 saturated carbocycles. The Labute approximate surface area is 180 Å². The van der Waals surface area contributed by atoms with Crippen molar-refractivity contribution in [2.75, 3.05) is 16.3 Å². The number of carbonyl (C=O) groups is 1. The average Bonchev–Trinajstić information content (AvgIpc) is 3.50. The van der Waals surface area contributed by atoms with Crippen molar-refractivity contribution in [3.8, 4) is 0 Å². The van der Waals surface area contributed by atoms with E-state index < -0.39 is 0 Å². The number of nitrogens with zero attached hydrogens (tertiary/aromatic N) is 6. The molecular formula is C22H25ClN6O. The molecule has 30 heavy (non-hydrogen) atoms. The second kappa shape index (κ2) is 7.54. The van der Waals surface area contributed by atoms with Gasteiger partial charge in [0.05, 0.1) is 36.2 Å². The monoisotopic (exact) mass is 424 g/mol. The molecule has 0 unspecified atom stereocenters. The van der Waals surface area contributed by atoms with Crippen molar-refractivity contribution in [2.24, 2.45) is 5.92 Å². The number of imidazole rings is 1. The van der Waals surface area contributed by atoms with Crippen LogP contribution >= 0.6 is 11.6 Å². The summed E-state index contributed by atoms with van der Waals surface area (Å²) in [6.45, 7) is 6.02. The summed E-state index contributed by atoms with van der Waals surface area (Å²) in [5.41, 5.74) is 3.51. The molecule has 5 rings (SSSR count). The van der Waals surface area contributed by atoms with Crippen molar-refractivity contribution in [1.29, 1.82) is 0 Å². The molecule has 4 heterocycles. The van der Waals surface area contributed by atoms with E-state index >= 15 is 0 Å². The van der Waals surface area contributed by atoms with E-state index in [0.717, 1.165) is 48.5 Å². The fraction of sp³-hybridized carbons (Fsp3) is 0.455. The number of fused-ring (bicyclic) bond motifs is 2. The summed E-state index contributed by atoms with van der Waals surface area (Å²) in [5, 5.41) is 0.422. The average molecular weight is 425 g/mol. The summed E-state index contributed by atoms with van der Waals surface area (Å²) in [6.07, 6.45) is 6.89. The number of amides is 1. The van der Waals surface area contributed by atoms with Gasteiger partial charge in [0, 0.05) is 18.8 Å². The van der Waals surface area contributed by atoms with Gasteiger partial charge in [-0.25, -0.2) is 9.97 Å². The number of hydrogen-bond acceptors (Lipinski definition) is 5. The zero-order chi connectivity index (χ0) is 20.8.